The number of thiophene rings is 2. The van der Waals surface area contributed by atoms with Crippen LogP contribution in [0.15, 0.2) is 9.85 Å². The van der Waals surface area contributed by atoms with E-state index in [9.17, 15) is 4.79 Å². The number of halogens is 1. The normalized spacial score (nSPS) is 13.0. The lowest BCUT2D eigenvalue weighted by Gasteiger charge is -2.11. The van der Waals surface area contributed by atoms with Gasteiger partial charge in [-0.05, 0) is 39.6 Å². The summed E-state index contributed by atoms with van der Waals surface area (Å²) in [6.07, 6.45) is 4.17. The standard InChI is InChI=1S/C14H16BBrOS2/c1-3-5-6-8(4-2)11(17)10-7-9-12(18-10)13(15)19-14(9)16/h7-8H,3-6H2,1-2H3. The molecule has 0 bridgehead atoms. The highest BCUT2D eigenvalue weighted by molar-refractivity contribution is 9.11. The molecule has 1 nitrogen and oxygen atoms in total. The molecule has 2 aromatic heterocycles. The maximum absolute atomic E-state index is 12.5. The molecule has 0 amide bonds. The van der Waals surface area contributed by atoms with E-state index in [0.717, 1.165) is 49.2 Å². The maximum Gasteiger partial charge on any atom is 0.175 e. The minimum absolute atomic E-state index is 0.159. The van der Waals surface area contributed by atoms with Gasteiger partial charge in [-0.2, -0.15) is 0 Å². The first kappa shape index (κ1) is 15.3. The summed E-state index contributed by atoms with van der Waals surface area (Å²) in [4.78, 5) is 13.4. The topological polar surface area (TPSA) is 17.1 Å². The summed E-state index contributed by atoms with van der Waals surface area (Å²) in [6.45, 7) is 4.26. The van der Waals surface area contributed by atoms with Crippen molar-refractivity contribution in [3.8, 4) is 0 Å². The van der Waals surface area contributed by atoms with Crippen LogP contribution in [0.3, 0.4) is 0 Å². The van der Waals surface area contributed by atoms with Gasteiger partial charge in [0, 0.05) is 16.0 Å². The molecule has 2 heterocycles. The van der Waals surface area contributed by atoms with Gasteiger partial charge in [-0.15, -0.1) is 22.7 Å². The summed E-state index contributed by atoms with van der Waals surface area (Å²) in [5, 5.41) is 1.08. The first-order chi connectivity index (χ1) is 9.08. The maximum atomic E-state index is 12.5. The Morgan fingerprint density at radius 2 is 2.16 bits per heavy atom. The third kappa shape index (κ3) is 3.14. The van der Waals surface area contributed by atoms with Gasteiger partial charge >= 0.3 is 0 Å². The largest absolute Gasteiger partial charge is 0.293 e. The predicted molar refractivity (Wildman–Crippen MR) is 90.4 cm³/mol. The van der Waals surface area contributed by atoms with Crippen LogP contribution in [0.1, 0.15) is 49.2 Å². The van der Waals surface area contributed by atoms with Gasteiger partial charge in [0.15, 0.2) is 5.78 Å². The van der Waals surface area contributed by atoms with Gasteiger partial charge in [0.2, 0.25) is 0 Å². The lowest BCUT2D eigenvalue weighted by molar-refractivity contribution is 0.0912. The number of carbonyl (C=O) groups is 1. The minimum Gasteiger partial charge on any atom is -0.293 e. The molecule has 2 aromatic rings. The average Bonchev–Trinajstić information content (AvgIpc) is 2.93. The number of hydrogen-bond donors (Lipinski definition) is 0. The van der Waals surface area contributed by atoms with Crippen LogP contribution in [-0.2, 0) is 0 Å². The SMILES string of the molecule is [B]c1sc(Br)c2cc(C(=O)C(CC)CCCC)sc12. The molecule has 100 valence electrons. The Hall–Kier alpha value is -0.125. The molecule has 0 aliphatic heterocycles. The van der Waals surface area contributed by atoms with Crippen LogP contribution >= 0.6 is 38.6 Å². The van der Waals surface area contributed by atoms with Crippen molar-refractivity contribution in [3.63, 3.8) is 0 Å². The fourth-order valence-corrected chi connectivity index (χ4v) is 5.20. The minimum atomic E-state index is 0.159. The van der Waals surface area contributed by atoms with Gasteiger partial charge in [0.1, 0.15) is 7.85 Å². The molecule has 0 fully saturated rings. The Morgan fingerprint density at radius 1 is 1.42 bits per heavy atom. The van der Waals surface area contributed by atoms with Crippen molar-refractivity contribution in [1.29, 1.82) is 0 Å². The van der Waals surface area contributed by atoms with Gasteiger partial charge in [-0.3, -0.25) is 4.79 Å². The van der Waals surface area contributed by atoms with Gasteiger partial charge in [0.25, 0.3) is 0 Å². The molecule has 2 rings (SSSR count). The number of unbranched alkanes of at least 4 members (excludes halogenated alkanes) is 1. The van der Waals surface area contributed by atoms with Crippen LogP contribution in [0.4, 0.5) is 0 Å². The summed E-state index contributed by atoms with van der Waals surface area (Å²) >= 11 is 6.58. The Bertz CT molecular complexity index is 553. The molecule has 0 aliphatic rings. The Balaban J connectivity index is 2.27. The number of fused-ring (bicyclic) bond motifs is 1. The second-order valence-corrected chi connectivity index (χ2v) is 8.13. The van der Waals surface area contributed by atoms with E-state index in [1.54, 1.807) is 0 Å². The number of Topliss-reactive ketones (excluding diaryl/α,β-unsaturated/α-hetero) is 1. The van der Waals surface area contributed by atoms with Gasteiger partial charge < -0.3 is 0 Å². The van der Waals surface area contributed by atoms with E-state index in [0.29, 0.717) is 0 Å². The van der Waals surface area contributed by atoms with Crippen molar-refractivity contribution >= 4 is 67.1 Å². The molecule has 0 saturated heterocycles. The zero-order valence-electron chi connectivity index (χ0n) is 11.2. The van der Waals surface area contributed by atoms with Crippen molar-refractivity contribution < 1.29 is 4.79 Å². The smallest absolute Gasteiger partial charge is 0.175 e. The first-order valence-electron chi connectivity index (χ1n) is 6.60. The zero-order valence-corrected chi connectivity index (χ0v) is 14.4. The quantitative estimate of drug-likeness (QED) is 0.531. The van der Waals surface area contributed by atoms with Crippen LogP contribution in [-0.4, -0.2) is 13.6 Å². The van der Waals surface area contributed by atoms with Crippen LogP contribution in [0, 0.1) is 5.92 Å². The van der Waals surface area contributed by atoms with E-state index >= 15 is 0 Å². The highest BCUT2D eigenvalue weighted by atomic mass is 79.9. The van der Waals surface area contributed by atoms with Crippen LogP contribution in [0.2, 0.25) is 0 Å². The van der Waals surface area contributed by atoms with Crippen molar-refractivity contribution in [3.05, 3.63) is 14.7 Å². The monoisotopic (exact) mass is 354 g/mol. The second kappa shape index (κ2) is 6.55. The molecular weight excluding hydrogens is 339 g/mol. The summed E-state index contributed by atoms with van der Waals surface area (Å²) < 4.78 is 2.87. The lowest BCUT2D eigenvalue weighted by atomic mass is 9.94. The van der Waals surface area contributed by atoms with E-state index in [-0.39, 0.29) is 11.7 Å². The molecule has 0 aliphatic carbocycles. The highest BCUT2D eigenvalue weighted by Gasteiger charge is 2.21. The van der Waals surface area contributed by atoms with E-state index in [2.05, 4.69) is 29.8 Å². The molecule has 0 spiro atoms. The molecule has 2 radical (unpaired) electrons. The predicted octanol–water partition coefficient (Wildman–Crippen LogP) is 4.92. The number of hydrogen-bond acceptors (Lipinski definition) is 3. The zero-order chi connectivity index (χ0) is 14.0. The molecular formula is C14H16BBrOS2. The summed E-state index contributed by atoms with van der Waals surface area (Å²) in [6, 6.07) is 1.99. The number of carbonyl (C=O) groups excluding carboxylic acids is 1. The summed E-state index contributed by atoms with van der Waals surface area (Å²) in [5.41, 5.74) is 0. The third-order valence-electron chi connectivity index (χ3n) is 3.38. The highest BCUT2D eigenvalue weighted by Crippen LogP contribution is 2.36. The summed E-state index contributed by atoms with van der Waals surface area (Å²) in [7, 11) is 5.97. The van der Waals surface area contributed by atoms with E-state index in [4.69, 9.17) is 7.85 Å². The van der Waals surface area contributed by atoms with Crippen LogP contribution in [0.25, 0.3) is 10.1 Å². The van der Waals surface area contributed by atoms with Crippen molar-refractivity contribution in [2.45, 2.75) is 39.5 Å². The molecule has 0 N–H and O–H groups in total. The van der Waals surface area contributed by atoms with Gasteiger partial charge in [-0.25, -0.2) is 0 Å². The lowest BCUT2D eigenvalue weighted by Crippen LogP contribution is -2.12. The van der Waals surface area contributed by atoms with E-state index in [1.165, 1.54) is 22.7 Å². The number of rotatable bonds is 6. The first-order valence-corrected chi connectivity index (χ1v) is 9.02. The van der Waals surface area contributed by atoms with Gasteiger partial charge in [-0.1, -0.05) is 26.7 Å². The van der Waals surface area contributed by atoms with Crippen molar-refractivity contribution in [1.82, 2.24) is 0 Å². The molecule has 0 saturated carbocycles. The van der Waals surface area contributed by atoms with Crippen molar-refractivity contribution in [2.24, 2.45) is 5.92 Å². The fraction of sp³-hybridized carbons (Fsp3) is 0.500. The third-order valence-corrected chi connectivity index (χ3v) is 6.43. The molecule has 0 aromatic carbocycles. The van der Waals surface area contributed by atoms with Crippen LogP contribution < -0.4 is 4.78 Å². The number of ketones is 1. The van der Waals surface area contributed by atoms with Crippen molar-refractivity contribution in [2.75, 3.05) is 0 Å². The molecule has 19 heavy (non-hydrogen) atoms. The summed E-state index contributed by atoms with van der Waals surface area (Å²) in [5.74, 6) is 0.444. The molecule has 1 unspecified atom stereocenters. The average molecular weight is 355 g/mol. The van der Waals surface area contributed by atoms with Gasteiger partial charge in [0.05, 0.1) is 8.66 Å². The molecule has 1 atom stereocenters. The second-order valence-electron chi connectivity index (χ2n) is 4.71. The van der Waals surface area contributed by atoms with E-state index < -0.39 is 0 Å². The molecule has 5 heteroatoms. The van der Waals surface area contributed by atoms with Crippen LogP contribution in [0.5, 0.6) is 0 Å². The Labute approximate surface area is 131 Å². The fourth-order valence-electron chi connectivity index (χ4n) is 2.21. The Kier molecular flexibility index (Phi) is 5.26. The van der Waals surface area contributed by atoms with E-state index in [1.807, 2.05) is 6.07 Å². The Morgan fingerprint density at radius 3 is 2.74 bits per heavy atom.